The Labute approximate surface area is 160 Å². The van der Waals surface area contributed by atoms with Crippen molar-refractivity contribution in [2.24, 2.45) is 0 Å². The molecule has 0 aliphatic heterocycles. The Hall–Kier alpha value is -3.62. The Morgan fingerprint density at radius 1 is 1.14 bits per heavy atom. The van der Waals surface area contributed by atoms with Gasteiger partial charge in [-0.1, -0.05) is 0 Å². The van der Waals surface area contributed by atoms with E-state index in [0.717, 1.165) is 6.07 Å². The number of esters is 2. The molecule has 0 radical (unpaired) electrons. The molecule has 1 aromatic carbocycles. The van der Waals surface area contributed by atoms with E-state index in [9.17, 15) is 24.3 Å². The summed E-state index contributed by atoms with van der Waals surface area (Å²) in [6.45, 7) is 1.22. The van der Waals surface area contributed by atoms with Gasteiger partial charge in [0.15, 0.2) is 6.61 Å². The van der Waals surface area contributed by atoms with Crippen molar-refractivity contribution in [1.29, 1.82) is 0 Å². The minimum atomic E-state index is -0.643. The molecule has 0 aliphatic carbocycles. The molecule has 148 valence electrons. The standard InChI is InChI=1S/C19H20N2O7/c1-12-9-15(22)10-17(24)21(12)8-7-18(25)28-11-16(23)20-14-5-3-13(4-6-14)19(26)27-2/h3-6,9-10,22H,7-8,11H2,1-2H3,(H,20,23). The number of hydrogen-bond donors (Lipinski definition) is 2. The van der Waals surface area contributed by atoms with Crippen LogP contribution in [0.15, 0.2) is 41.2 Å². The van der Waals surface area contributed by atoms with E-state index in [-0.39, 0.29) is 18.7 Å². The summed E-state index contributed by atoms with van der Waals surface area (Å²) < 4.78 is 10.8. The third-order valence-corrected chi connectivity index (χ3v) is 3.81. The molecule has 0 fully saturated rings. The first-order valence-corrected chi connectivity index (χ1v) is 8.34. The first-order valence-electron chi connectivity index (χ1n) is 8.34. The fourth-order valence-corrected chi connectivity index (χ4v) is 2.42. The number of anilines is 1. The minimum absolute atomic E-state index is 0.0698. The van der Waals surface area contributed by atoms with E-state index in [1.807, 2.05) is 0 Å². The van der Waals surface area contributed by atoms with Gasteiger partial charge in [0.1, 0.15) is 5.75 Å². The summed E-state index contributed by atoms with van der Waals surface area (Å²) in [5.74, 6) is -1.82. The van der Waals surface area contributed by atoms with Gasteiger partial charge in [-0.15, -0.1) is 0 Å². The predicted octanol–water partition coefficient (Wildman–Crippen LogP) is 1.22. The van der Waals surface area contributed by atoms with E-state index in [2.05, 4.69) is 10.1 Å². The molecule has 0 bridgehead atoms. The molecule has 0 aliphatic rings. The third-order valence-electron chi connectivity index (χ3n) is 3.81. The van der Waals surface area contributed by atoms with Crippen molar-refractivity contribution < 1.29 is 29.0 Å². The number of aromatic hydroxyl groups is 1. The highest BCUT2D eigenvalue weighted by Crippen LogP contribution is 2.10. The summed E-state index contributed by atoms with van der Waals surface area (Å²) in [7, 11) is 1.27. The fourth-order valence-electron chi connectivity index (χ4n) is 2.42. The number of methoxy groups -OCH3 is 1. The lowest BCUT2D eigenvalue weighted by molar-refractivity contribution is -0.147. The zero-order chi connectivity index (χ0) is 20.7. The Kier molecular flexibility index (Phi) is 6.91. The maximum Gasteiger partial charge on any atom is 0.337 e. The average Bonchev–Trinajstić information content (AvgIpc) is 2.65. The van der Waals surface area contributed by atoms with Gasteiger partial charge in [-0.05, 0) is 37.3 Å². The van der Waals surface area contributed by atoms with Crippen LogP contribution in [0.25, 0.3) is 0 Å². The van der Waals surface area contributed by atoms with Crippen molar-refractivity contribution in [2.75, 3.05) is 19.0 Å². The molecule has 1 amide bonds. The topological polar surface area (TPSA) is 124 Å². The molecule has 1 aromatic heterocycles. The van der Waals surface area contributed by atoms with Crippen LogP contribution >= 0.6 is 0 Å². The molecule has 0 saturated carbocycles. The largest absolute Gasteiger partial charge is 0.508 e. The second-order valence-corrected chi connectivity index (χ2v) is 5.87. The van der Waals surface area contributed by atoms with Crippen molar-refractivity contribution in [2.45, 2.75) is 19.9 Å². The number of amides is 1. The lowest BCUT2D eigenvalue weighted by atomic mass is 10.2. The Morgan fingerprint density at radius 3 is 2.43 bits per heavy atom. The van der Waals surface area contributed by atoms with Crippen molar-refractivity contribution in [3.8, 4) is 5.75 Å². The minimum Gasteiger partial charge on any atom is -0.508 e. The molecule has 0 atom stereocenters. The smallest absolute Gasteiger partial charge is 0.337 e. The Bertz CT molecular complexity index is 932. The lowest BCUT2D eigenvalue weighted by Crippen LogP contribution is -2.25. The SMILES string of the molecule is COC(=O)c1ccc(NC(=O)COC(=O)CCn2c(C)cc(O)cc2=O)cc1. The van der Waals surface area contributed by atoms with E-state index >= 15 is 0 Å². The first kappa shape index (κ1) is 20.7. The van der Waals surface area contributed by atoms with Gasteiger partial charge in [-0.3, -0.25) is 14.4 Å². The number of nitrogens with zero attached hydrogens (tertiary/aromatic N) is 1. The maximum absolute atomic E-state index is 11.8. The predicted molar refractivity (Wildman–Crippen MR) is 99.1 cm³/mol. The summed E-state index contributed by atoms with van der Waals surface area (Å²) >= 11 is 0. The number of carbonyl (C=O) groups excluding carboxylic acids is 3. The zero-order valence-corrected chi connectivity index (χ0v) is 15.4. The summed E-state index contributed by atoms with van der Waals surface area (Å²) in [4.78, 5) is 46.8. The van der Waals surface area contributed by atoms with E-state index < -0.39 is 30.0 Å². The van der Waals surface area contributed by atoms with Crippen molar-refractivity contribution in [3.05, 3.63) is 58.0 Å². The Balaban J connectivity index is 1.80. The lowest BCUT2D eigenvalue weighted by Gasteiger charge is -2.10. The van der Waals surface area contributed by atoms with E-state index in [4.69, 9.17) is 4.74 Å². The van der Waals surface area contributed by atoms with E-state index in [0.29, 0.717) is 16.9 Å². The molecule has 9 heteroatoms. The number of hydrogen-bond acceptors (Lipinski definition) is 7. The van der Waals surface area contributed by atoms with Gasteiger partial charge in [0.05, 0.1) is 19.1 Å². The van der Waals surface area contributed by atoms with Crippen molar-refractivity contribution >= 4 is 23.5 Å². The second-order valence-electron chi connectivity index (χ2n) is 5.87. The number of aryl methyl sites for hydroxylation is 1. The first-order chi connectivity index (χ1) is 13.3. The van der Waals surface area contributed by atoms with Crippen molar-refractivity contribution in [3.63, 3.8) is 0 Å². The average molecular weight is 388 g/mol. The number of carbonyl (C=O) groups is 3. The van der Waals surface area contributed by atoms with Crippen LogP contribution in [-0.2, 0) is 25.6 Å². The molecule has 28 heavy (non-hydrogen) atoms. The van der Waals surface area contributed by atoms with Gasteiger partial charge in [-0.25, -0.2) is 4.79 Å². The molecule has 1 heterocycles. The third kappa shape index (κ3) is 5.70. The van der Waals surface area contributed by atoms with E-state index in [1.165, 1.54) is 42.0 Å². The van der Waals surface area contributed by atoms with Crippen LogP contribution in [0.2, 0.25) is 0 Å². The van der Waals surface area contributed by atoms with Crippen LogP contribution < -0.4 is 10.9 Å². The number of rotatable bonds is 7. The molecule has 2 N–H and O–H groups in total. The van der Waals surface area contributed by atoms with Gasteiger partial charge < -0.3 is 24.5 Å². The summed E-state index contributed by atoms with van der Waals surface area (Å²) in [5, 5.41) is 11.9. The summed E-state index contributed by atoms with van der Waals surface area (Å²) in [5.41, 5.74) is 0.844. The molecular weight excluding hydrogens is 368 g/mol. The number of pyridine rings is 1. The van der Waals surface area contributed by atoms with Crippen LogP contribution in [0, 0.1) is 6.92 Å². The molecule has 0 unspecified atom stereocenters. The van der Waals surface area contributed by atoms with Crippen LogP contribution in [-0.4, -0.2) is 41.2 Å². The molecule has 9 nitrogen and oxygen atoms in total. The monoisotopic (exact) mass is 388 g/mol. The quantitative estimate of drug-likeness (QED) is 0.684. The number of aromatic nitrogens is 1. The molecule has 2 rings (SSSR count). The fraction of sp³-hybridized carbons (Fsp3) is 0.263. The molecule has 0 saturated heterocycles. The number of ether oxygens (including phenoxy) is 2. The van der Waals surface area contributed by atoms with Crippen LogP contribution in [0.5, 0.6) is 5.75 Å². The van der Waals surface area contributed by atoms with Crippen LogP contribution in [0.4, 0.5) is 5.69 Å². The highest BCUT2D eigenvalue weighted by Gasteiger charge is 2.11. The van der Waals surface area contributed by atoms with Crippen LogP contribution in [0.3, 0.4) is 0 Å². The van der Waals surface area contributed by atoms with Gasteiger partial charge >= 0.3 is 11.9 Å². The molecule has 2 aromatic rings. The number of benzene rings is 1. The maximum atomic E-state index is 11.8. The highest BCUT2D eigenvalue weighted by atomic mass is 16.5. The van der Waals surface area contributed by atoms with E-state index in [1.54, 1.807) is 6.92 Å². The zero-order valence-electron chi connectivity index (χ0n) is 15.4. The normalized spacial score (nSPS) is 10.2. The highest BCUT2D eigenvalue weighted by molar-refractivity contribution is 5.94. The van der Waals surface area contributed by atoms with Gasteiger partial charge in [-0.2, -0.15) is 0 Å². The Morgan fingerprint density at radius 2 is 1.82 bits per heavy atom. The van der Waals surface area contributed by atoms with Gasteiger partial charge in [0.2, 0.25) is 0 Å². The summed E-state index contributed by atoms with van der Waals surface area (Å²) in [6.07, 6.45) is -0.105. The molecular formula is C19H20N2O7. The number of nitrogens with one attached hydrogen (secondary N) is 1. The van der Waals surface area contributed by atoms with Gasteiger partial charge in [0.25, 0.3) is 11.5 Å². The molecule has 0 spiro atoms. The van der Waals surface area contributed by atoms with Crippen molar-refractivity contribution in [1.82, 2.24) is 4.57 Å². The van der Waals surface area contributed by atoms with Crippen LogP contribution in [0.1, 0.15) is 22.5 Å². The second kappa shape index (κ2) is 9.36. The summed E-state index contributed by atoms with van der Waals surface area (Å²) in [6, 6.07) is 8.48. The van der Waals surface area contributed by atoms with Gasteiger partial charge in [0, 0.05) is 24.0 Å².